The van der Waals surface area contributed by atoms with Gasteiger partial charge in [-0.1, -0.05) is 41.9 Å². The predicted octanol–water partition coefficient (Wildman–Crippen LogP) is 4.11. The Balaban J connectivity index is 1.85. The number of allylic oxidation sites excluding steroid dienone is 1. The highest BCUT2D eigenvalue weighted by Gasteiger charge is 2.32. The predicted molar refractivity (Wildman–Crippen MR) is 106 cm³/mol. The van der Waals surface area contributed by atoms with Gasteiger partial charge >= 0.3 is 12.0 Å². The van der Waals surface area contributed by atoms with Gasteiger partial charge in [0.05, 0.1) is 18.2 Å². The van der Waals surface area contributed by atoms with E-state index in [0.717, 1.165) is 5.56 Å². The summed E-state index contributed by atoms with van der Waals surface area (Å²) in [6.45, 7) is 3.97. The lowest BCUT2D eigenvalue weighted by Gasteiger charge is -2.28. The Hall–Kier alpha value is -2.99. The minimum Gasteiger partial charge on any atom is -0.489 e. The van der Waals surface area contributed by atoms with Crippen molar-refractivity contribution in [2.75, 3.05) is 6.61 Å². The molecule has 2 amide bonds. The van der Waals surface area contributed by atoms with Crippen molar-refractivity contribution in [3.8, 4) is 5.75 Å². The highest BCUT2D eigenvalue weighted by molar-refractivity contribution is 6.31. The summed E-state index contributed by atoms with van der Waals surface area (Å²) in [4.78, 5) is 24.4. The number of nitrogens with one attached hydrogen (secondary N) is 2. The van der Waals surface area contributed by atoms with Gasteiger partial charge in [0.1, 0.15) is 12.4 Å². The molecule has 0 bridgehead atoms. The first kappa shape index (κ1) is 19.8. The molecule has 6 nitrogen and oxygen atoms in total. The zero-order valence-electron chi connectivity index (χ0n) is 15.6. The lowest BCUT2D eigenvalue weighted by Crippen LogP contribution is -2.45. The molecule has 1 unspecified atom stereocenters. The van der Waals surface area contributed by atoms with Crippen LogP contribution in [0.3, 0.4) is 0 Å². The molecular weight excluding hydrogens is 380 g/mol. The molecule has 28 heavy (non-hydrogen) atoms. The number of amides is 2. The number of carbonyl (C=O) groups excluding carboxylic acids is 2. The van der Waals surface area contributed by atoms with E-state index in [0.29, 0.717) is 34.2 Å². The normalized spacial score (nSPS) is 16.2. The molecule has 0 saturated heterocycles. The maximum atomic E-state index is 12.4. The quantitative estimate of drug-likeness (QED) is 0.715. The van der Waals surface area contributed by atoms with Gasteiger partial charge in [-0.3, -0.25) is 0 Å². The summed E-state index contributed by atoms with van der Waals surface area (Å²) in [6, 6.07) is 13.7. The van der Waals surface area contributed by atoms with E-state index in [1.54, 1.807) is 26.0 Å². The van der Waals surface area contributed by atoms with Crippen molar-refractivity contribution in [2.24, 2.45) is 0 Å². The van der Waals surface area contributed by atoms with Crippen molar-refractivity contribution >= 4 is 23.6 Å². The number of ether oxygens (including phenoxy) is 2. The summed E-state index contributed by atoms with van der Waals surface area (Å²) < 4.78 is 11.0. The van der Waals surface area contributed by atoms with Crippen LogP contribution in [0, 0.1) is 0 Å². The summed E-state index contributed by atoms with van der Waals surface area (Å²) in [5.41, 5.74) is 2.42. The van der Waals surface area contributed by atoms with Crippen LogP contribution in [0.2, 0.25) is 5.02 Å². The second-order valence-corrected chi connectivity index (χ2v) is 6.65. The summed E-state index contributed by atoms with van der Waals surface area (Å²) in [7, 11) is 0. The van der Waals surface area contributed by atoms with Gasteiger partial charge in [-0.05, 0) is 37.6 Å². The maximum absolute atomic E-state index is 12.4. The van der Waals surface area contributed by atoms with Crippen molar-refractivity contribution < 1.29 is 19.1 Å². The Bertz CT molecular complexity index is 926. The van der Waals surface area contributed by atoms with Gasteiger partial charge in [0.2, 0.25) is 0 Å². The van der Waals surface area contributed by atoms with Crippen molar-refractivity contribution in [2.45, 2.75) is 26.5 Å². The second-order valence-electron chi connectivity index (χ2n) is 6.24. The van der Waals surface area contributed by atoms with Crippen molar-refractivity contribution in [1.29, 1.82) is 0 Å². The molecule has 0 aliphatic carbocycles. The zero-order valence-corrected chi connectivity index (χ0v) is 16.4. The number of hydrogen-bond donors (Lipinski definition) is 2. The monoisotopic (exact) mass is 400 g/mol. The molecule has 1 aliphatic rings. The first-order chi connectivity index (χ1) is 13.5. The van der Waals surface area contributed by atoms with Gasteiger partial charge in [-0.15, -0.1) is 0 Å². The Morgan fingerprint density at radius 1 is 1.18 bits per heavy atom. The van der Waals surface area contributed by atoms with Crippen LogP contribution in [-0.2, 0) is 16.1 Å². The van der Waals surface area contributed by atoms with E-state index in [1.165, 1.54) is 0 Å². The van der Waals surface area contributed by atoms with E-state index in [1.807, 2.05) is 36.4 Å². The fraction of sp³-hybridized carbons (Fsp3) is 0.238. The van der Waals surface area contributed by atoms with E-state index in [9.17, 15) is 9.59 Å². The molecule has 1 aliphatic heterocycles. The molecule has 2 N–H and O–H groups in total. The van der Waals surface area contributed by atoms with Gasteiger partial charge in [0.25, 0.3) is 0 Å². The van der Waals surface area contributed by atoms with Crippen molar-refractivity contribution in [3.63, 3.8) is 0 Å². The van der Waals surface area contributed by atoms with Gasteiger partial charge in [0, 0.05) is 16.3 Å². The first-order valence-electron chi connectivity index (χ1n) is 8.91. The Labute approximate surface area is 168 Å². The lowest BCUT2D eigenvalue weighted by atomic mass is 9.95. The van der Waals surface area contributed by atoms with Gasteiger partial charge in [-0.2, -0.15) is 0 Å². The average Bonchev–Trinajstić information content (AvgIpc) is 2.67. The molecule has 0 spiro atoms. The summed E-state index contributed by atoms with van der Waals surface area (Å²) in [6.07, 6.45) is 0. The van der Waals surface area contributed by atoms with Crippen molar-refractivity contribution in [3.05, 3.63) is 76.0 Å². The van der Waals surface area contributed by atoms with Crippen LogP contribution in [0.25, 0.3) is 0 Å². The van der Waals surface area contributed by atoms with E-state index in [-0.39, 0.29) is 12.6 Å². The number of urea groups is 1. The third-order valence-electron chi connectivity index (χ3n) is 4.31. The molecule has 0 fully saturated rings. The number of benzene rings is 2. The third kappa shape index (κ3) is 4.46. The van der Waals surface area contributed by atoms with Crippen LogP contribution in [0.4, 0.5) is 4.79 Å². The maximum Gasteiger partial charge on any atom is 0.338 e. The Morgan fingerprint density at radius 3 is 2.71 bits per heavy atom. The molecule has 1 heterocycles. The number of carbonyl (C=O) groups is 2. The summed E-state index contributed by atoms with van der Waals surface area (Å²) in [5.74, 6) is 0.131. The molecule has 2 aromatic carbocycles. The minimum atomic E-state index is -0.628. The van der Waals surface area contributed by atoms with Crippen molar-refractivity contribution in [1.82, 2.24) is 10.6 Å². The van der Waals surface area contributed by atoms with Crippen LogP contribution in [0.15, 0.2) is 59.8 Å². The molecule has 146 valence electrons. The largest absolute Gasteiger partial charge is 0.489 e. The second kappa shape index (κ2) is 8.80. The highest BCUT2D eigenvalue weighted by Crippen LogP contribution is 2.30. The number of rotatable bonds is 6. The van der Waals surface area contributed by atoms with Gasteiger partial charge in [0.15, 0.2) is 0 Å². The topological polar surface area (TPSA) is 76.7 Å². The Morgan fingerprint density at radius 2 is 1.96 bits per heavy atom. The molecule has 3 rings (SSSR count). The van der Waals surface area contributed by atoms with E-state index in [2.05, 4.69) is 10.6 Å². The smallest absolute Gasteiger partial charge is 0.338 e. The van der Waals surface area contributed by atoms with Gasteiger partial charge in [-0.25, -0.2) is 9.59 Å². The molecule has 1 atom stereocenters. The average molecular weight is 401 g/mol. The minimum absolute atomic E-state index is 0.247. The van der Waals surface area contributed by atoms with Crippen LogP contribution in [0.5, 0.6) is 5.75 Å². The van der Waals surface area contributed by atoms with Gasteiger partial charge < -0.3 is 20.1 Å². The lowest BCUT2D eigenvalue weighted by molar-refractivity contribution is -0.139. The number of hydrogen-bond acceptors (Lipinski definition) is 4. The van der Waals surface area contributed by atoms with E-state index >= 15 is 0 Å². The summed E-state index contributed by atoms with van der Waals surface area (Å²) in [5, 5.41) is 6.03. The van der Waals surface area contributed by atoms with E-state index in [4.69, 9.17) is 21.1 Å². The Kier molecular flexibility index (Phi) is 6.21. The van der Waals surface area contributed by atoms with E-state index < -0.39 is 12.0 Å². The third-order valence-corrected chi connectivity index (χ3v) is 4.68. The fourth-order valence-corrected chi connectivity index (χ4v) is 3.17. The molecule has 2 aromatic rings. The number of halogens is 1. The van der Waals surface area contributed by atoms with Crippen LogP contribution in [0.1, 0.15) is 31.0 Å². The highest BCUT2D eigenvalue weighted by atomic mass is 35.5. The SMILES string of the molecule is CCOC(=O)C1=C(C)NC(=O)NC1c1cccc(OCc2ccccc2Cl)c1. The number of esters is 1. The molecule has 0 aromatic heterocycles. The first-order valence-corrected chi connectivity index (χ1v) is 9.29. The standard InChI is InChI=1S/C21H21ClN2O4/c1-3-27-20(25)18-13(2)23-21(26)24-19(18)14-8-6-9-16(11-14)28-12-15-7-4-5-10-17(15)22/h4-11,19H,3,12H2,1-2H3,(H2,23,24,26). The summed E-state index contributed by atoms with van der Waals surface area (Å²) >= 11 is 6.17. The molecule has 0 radical (unpaired) electrons. The molecule has 0 saturated carbocycles. The zero-order chi connectivity index (χ0) is 20.1. The van der Waals surface area contributed by atoms with Crippen LogP contribution >= 0.6 is 11.6 Å². The molecule has 7 heteroatoms. The molecular formula is C21H21ClN2O4. The fourth-order valence-electron chi connectivity index (χ4n) is 2.98. The van der Waals surface area contributed by atoms with Crippen LogP contribution < -0.4 is 15.4 Å². The van der Waals surface area contributed by atoms with Crippen LogP contribution in [-0.4, -0.2) is 18.6 Å².